The molecule has 1 N–H and O–H groups in total. The van der Waals surface area contributed by atoms with Crippen molar-refractivity contribution in [3.05, 3.63) is 6.92 Å². The van der Waals surface area contributed by atoms with Crippen molar-refractivity contribution in [2.24, 2.45) is 0 Å². The van der Waals surface area contributed by atoms with Crippen molar-refractivity contribution in [1.82, 2.24) is 0 Å². The van der Waals surface area contributed by atoms with Crippen molar-refractivity contribution in [1.29, 1.82) is 5.41 Å². The van der Waals surface area contributed by atoms with E-state index in [0.717, 1.165) is 12.8 Å². The molecule has 0 heterocycles. The van der Waals surface area contributed by atoms with Gasteiger partial charge in [0.25, 0.3) is 6.92 Å². The molecule has 0 aliphatic rings. The fourth-order valence-corrected chi connectivity index (χ4v) is 0.430. The molecule has 2 nitrogen and oxygen atoms in total. The summed E-state index contributed by atoms with van der Waals surface area (Å²) in [5.74, 6) is -0.488. The third-order valence-corrected chi connectivity index (χ3v) is 0.858. The predicted octanol–water partition coefficient (Wildman–Crippen LogP) is 1.67. The molecule has 44 valence electrons. The third-order valence-electron chi connectivity index (χ3n) is 0.858. The highest BCUT2D eigenvalue weighted by Crippen LogP contribution is 1.97. The first-order valence-electron chi connectivity index (χ1n) is 2.72. The van der Waals surface area contributed by atoms with Gasteiger partial charge < -0.3 is 0 Å². The molecule has 0 rings (SSSR count). The lowest BCUT2D eigenvalue weighted by Gasteiger charge is -1.86. The predicted molar refractivity (Wildman–Crippen MR) is 31.2 cm³/mol. The number of hydrogen-bond donors (Lipinski definition) is 1. The molecule has 8 heavy (non-hydrogen) atoms. The van der Waals surface area contributed by atoms with Gasteiger partial charge in [-0.25, -0.2) is 0 Å². The average molecular weight is 112 g/mol. The van der Waals surface area contributed by atoms with E-state index in [-0.39, 0.29) is 0 Å². The maximum Gasteiger partial charge on any atom is 0.256 e. The molecule has 0 aliphatic heterocycles. The summed E-state index contributed by atoms with van der Waals surface area (Å²) in [6, 6.07) is 0. The van der Waals surface area contributed by atoms with Crippen molar-refractivity contribution in [3.8, 4) is 0 Å². The molecular weight excluding hydrogens is 102 g/mol. The molecule has 0 aromatic carbocycles. The molecule has 0 aliphatic carbocycles. The highest BCUT2D eigenvalue weighted by atomic mass is 16.3. The van der Waals surface area contributed by atoms with Gasteiger partial charge in [0.05, 0.1) is 0 Å². The van der Waals surface area contributed by atoms with Crippen LogP contribution in [-0.4, -0.2) is 5.90 Å². The molecule has 0 atom stereocenters. The Morgan fingerprint density at radius 1 is 1.50 bits per heavy atom. The Hall–Kier alpha value is -0.660. The number of hydrogen-bond acceptors (Lipinski definition) is 1. The molecule has 2 heteroatoms. The molecule has 0 unspecified atom stereocenters. The molecule has 0 saturated heterocycles. The van der Waals surface area contributed by atoms with Crippen LogP contribution in [0.5, 0.6) is 0 Å². The van der Waals surface area contributed by atoms with Gasteiger partial charge in [0.15, 0.2) is 0 Å². The molecule has 0 fully saturated rings. The highest BCUT2D eigenvalue weighted by molar-refractivity contribution is 5.69. The molecule has 0 aromatic heterocycles. The molecule has 0 aromatic rings. The Morgan fingerprint density at radius 2 is 2.12 bits per heavy atom. The van der Waals surface area contributed by atoms with Gasteiger partial charge in [-0.3, -0.25) is 10.5 Å². The maximum absolute atomic E-state index is 9.94. The van der Waals surface area contributed by atoms with Crippen LogP contribution in [0.4, 0.5) is 0 Å². The summed E-state index contributed by atoms with van der Waals surface area (Å²) >= 11 is 0. The van der Waals surface area contributed by atoms with Crippen LogP contribution in [-0.2, 0) is 5.11 Å². The second-order valence-corrected chi connectivity index (χ2v) is 1.67. The topological polar surface area (TPSA) is 43.8 Å². The van der Waals surface area contributed by atoms with Crippen LogP contribution in [0.25, 0.3) is 0 Å². The minimum atomic E-state index is -0.488. The van der Waals surface area contributed by atoms with E-state index >= 15 is 0 Å². The van der Waals surface area contributed by atoms with Gasteiger partial charge in [0.2, 0.25) is 5.90 Å². The molecule has 0 spiro atoms. The van der Waals surface area contributed by atoms with Crippen molar-refractivity contribution in [2.45, 2.75) is 25.7 Å². The molecule has 0 bridgehead atoms. The Morgan fingerprint density at radius 3 is 2.50 bits per heavy atom. The SMILES string of the molecule is [CH+]CCCCC(=N)[O]. The minimum absolute atomic E-state index is 0.358. The second-order valence-electron chi connectivity index (χ2n) is 1.67. The standard InChI is InChI=1S/C6H10NO/c1-2-3-4-5-6(7)8/h1,7H,2-5H2/q+1. The van der Waals surface area contributed by atoms with Gasteiger partial charge in [-0.15, -0.1) is 0 Å². The summed E-state index contributed by atoms with van der Waals surface area (Å²) in [5, 5.41) is 16.4. The first kappa shape index (κ1) is 7.34. The van der Waals surface area contributed by atoms with Gasteiger partial charge in [0.1, 0.15) is 6.42 Å². The Bertz CT molecular complexity index is 70.9. The Balaban J connectivity index is 2.82. The number of rotatable bonds is 4. The maximum atomic E-state index is 9.94. The minimum Gasteiger partial charge on any atom is -0.273 e. The Kier molecular flexibility index (Phi) is 4.13. The summed E-state index contributed by atoms with van der Waals surface area (Å²) in [6.45, 7) is 5.14. The molecule has 0 amide bonds. The first-order valence-corrected chi connectivity index (χ1v) is 2.72. The summed E-state index contributed by atoms with van der Waals surface area (Å²) in [4.78, 5) is 0. The summed E-state index contributed by atoms with van der Waals surface area (Å²) in [7, 11) is 0. The van der Waals surface area contributed by atoms with Gasteiger partial charge in [0, 0.05) is 6.42 Å². The van der Waals surface area contributed by atoms with E-state index in [2.05, 4.69) is 0 Å². The lowest BCUT2D eigenvalue weighted by Crippen LogP contribution is -1.89. The number of unbranched alkanes of at least 4 members (excludes halogenated alkanes) is 2. The average Bonchev–Trinajstić information content (AvgIpc) is 1.66. The van der Waals surface area contributed by atoms with E-state index in [1.807, 2.05) is 0 Å². The van der Waals surface area contributed by atoms with Gasteiger partial charge in [-0.2, -0.15) is 0 Å². The van der Waals surface area contributed by atoms with Crippen molar-refractivity contribution in [2.75, 3.05) is 0 Å². The molecule has 0 saturated carbocycles. The van der Waals surface area contributed by atoms with Crippen LogP contribution in [0.2, 0.25) is 0 Å². The first-order chi connectivity index (χ1) is 3.77. The van der Waals surface area contributed by atoms with Crippen molar-refractivity contribution < 1.29 is 5.11 Å². The van der Waals surface area contributed by atoms with E-state index in [1.165, 1.54) is 0 Å². The highest BCUT2D eigenvalue weighted by Gasteiger charge is 1.94. The fourth-order valence-electron chi connectivity index (χ4n) is 0.430. The Labute approximate surface area is 50.0 Å². The quantitative estimate of drug-likeness (QED) is 0.249. The van der Waals surface area contributed by atoms with Crippen molar-refractivity contribution >= 4 is 5.90 Å². The van der Waals surface area contributed by atoms with E-state index in [9.17, 15) is 5.11 Å². The normalized spacial score (nSPS) is 9.00. The van der Waals surface area contributed by atoms with Crippen LogP contribution >= 0.6 is 0 Å². The third kappa shape index (κ3) is 5.34. The summed E-state index contributed by atoms with van der Waals surface area (Å²) < 4.78 is 0. The lowest BCUT2D eigenvalue weighted by molar-refractivity contribution is 0.403. The summed E-state index contributed by atoms with van der Waals surface area (Å²) in [6.07, 6.45) is 2.59. The molecule has 2 radical (unpaired) electrons. The van der Waals surface area contributed by atoms with E-state index in [0.29, 0.717) is 12.8 Å². The van der Waals surface area contributed by atoms with Crippen molar-refractivity contribution in [3.63, 3.8) is 0 Å². The van der Waals surface area contributed by atoms with Gasteiger partial charge in [-0.05, 0) is 12.8 Å². The van der Waals surface area contributed by atoms with E-state index in [4.69, 9.17) is 12.3 Å². The molecular formula is C6H10NO+. The second kappa shape index (κ2) is 4.50. The smallest absolute Gasteiger partial charge is 0.256 e. The monoisotopic (exact) mass is 112 g/mol. The fraction of sp³-hybridized carbons (Fsp3) is 0.667. The van der Waals surface area contributed by atoms with Crippen LogP contribution < -0.4 is 0 Å². The van der Waals surface area contributed by atoms with Crippen LogP contribution in [0.3, 0.4) is 0 Å². The van der Waals surface area contributed by atoms with Crippen LogP contribution in [0, 0.1) is 12.3 Å². The van der Waals surface area contributed by atoms with E-state index < -0.39 is 5.90 Å². The number of nitrogens with one attached hydrogen (secondary N) is 1. The van der Waals surface area contributed by atoms with Gasteiger partial charge >= 0.3 is 0 Å². The van der Waals surface area contributed by atoms with Crippen LogP contribution in [0.15, 0.2) is 0 Å². The zero-order chi connectivity index (χ0) is 6.41. The zero-order valence-electron chi connectivity index (χ0n) is 4.81. The largest absolute Gasteiger partial charge is 0.273 e. The summed E-state index contributed by atoms with van der Waals surface area (Å²) in [5.41, 5.74) is 0. The van der Waals surface area contributed by atoms with Gasteiger partial charge in [-0.1, -0.05) is 0 Å². The zero-order valence-corrected chi connectivity index (χ0v) is 4.81. The van der Waals surface area contributed by atoms with E-state index in [1.54, 1.807) is 0 Å². The van der Waals surface area contributed by atoms with Crippen LogP contribution in [0.1, 0.15) is 25.7 Å². The lowest BCUT2D eigenvalue weighted by atomic mass is 10.2.